The van der Waals surface area contributed by atoms with E-state index in [-0.39, 0.29) is 17.9 Å². The number of carbonyl (C=O) groups excluding carboxylic acids is 2. The van der Waals surface area contributed by atoms with Crippen molar-refractivity contribution in [3.63, 3.8) is 0 Å². The Labute approximate surface area is 206 Å². The second-order valence-electron chi connectivity index (χ2n) is 8.30. The Hall–Kier alpha value is -3.97. The maximum absolute atomic E-state index is 13.4. The predicted octanol–water partition coefficient (Wildman–Crippen LogP) is 5.45. The molecule has 0 aliphatic carbocycles. The molecule has 1 atom stereocenters. The second kappa shape index (κ2) is 9.00. The number of aryl methyl sites for hydroxylation is 1. The lowest BCUT2D eigenvalue weighted by atomic mass is 9.95. The Kier molecular flexibility index (Phi) is 5.86. The summed E-state index contributed by atoms with van der Waals surface area (Å²) in [6.45, 7) is 2.28. The molecule has 0 spiro atoms. The Balaban J connectivity index is 1.72. The van der Waals surface area contributed by atoms with Gasteiger partial charge >= 0.3 is 0 Å². The summed E-state index contributed by atoms with van der Waals surface area (Å²) in [5, 5.41) is 12.7. The van der Waals surface area contributed by atoms with Crippen LogP contribution in [-0.2, 0) is 23.2 Å². The SMILES string of the molecule is CCOc1cc(/C(O)=C2\C(=O)C(=O)N(Cc3ccco3)C2c2cn(C)c3ccccc23)ccc1Cl. The highest BCUT2D eigenvalue weighted by Gasteiger charge is 2.47. The third-order valence-corrected chi connectivity index (χ3v) is 6.49. The molecule has 1 N–H and O–H groups in total. The van der Waals surface area contributed by atoms with Gasteiger partial charge in [-0.2, -0.15) is 0 Å². The van der Waals surface area contributed by atoms with Crippen LogP contribution in [0.4, 0.5) is 0 Å². The molecule has 1 aliphatic heterocycles. The van der Waals surface area contributed by atoms with Crippen molar-refractivity contribution in [1.82, 2.24) is 9.47 Å². The van der Waals surface area contributed by atoms with Crippen molar-refractivity contribution >= 4 is 40.0 Å². The smallest absolute Gasteiger partial charge is 0.296 e. The number of carbonyl (C=O) groups is 2. The van der Waals surface area contributed by atoms with Crippen LogP contribution in [0.3, 0.4) is 0 Å². The quantitative estimate of drug-likeness (QED) is 0.221. The molecule has 1 aliphatic rings. The molecule has 1 unspecified atom stereocenters. The number of likely N-dealkylation sites (tertiary alicyclic amines) is 1. The van der Waals surface area contributed by atoms with Crippen LogP contribution in [0.5, 0.6) is 5.75 Å². The number of ether oxygens (including phenoxy) is 1. The van der Waals surface area contributed by atoms with Crippen molar-refractivity contribution in [2.24, 2.45) is 7.05 Å². The first kappa shape index (κ1) is 22.8. The number of para-hydroxylation sites is 1. The van der Waals surface area contributed by atoms with Gasteiger partial charge < -0.3 is 23.7 Å². The maximum Gasteiger partial charge on any atom is 0.296 e. The molecule has 0 saturated carbocycles. The van der Waals surface area contributed by atoms with E-state index in [9.17, 15) is 14.7 Å². The highest BCUT2D eigenvalue weighted by molar-refractivity contribution is 6.46. The summed E-state index contributed by atoms with van der Waals surface area (Å²) in [5.74, 6) is -0.854. The summed E-state index contributed by atoms with van der Waals surface area (Å²) in [4.78, 5) is 28.1. The molecule has 8 heteroatoms. The number of halogens is 1. The van der Waals surface area contributed by atoms with Crippen molar-refractivity contribution in [2.75, 3.05) is 6.61 Å². The summed E-state index contributed by atoms with van der Waals surface area (Å²) in [6.07, 6.45) is 3.40. The average molecular weight is 491 g/mol. The van der Waals surface area contributed by atoms with E-state index < -0.39 is 17.7 Å². The molecule has 2 aromatic heterocycles. The van der Waals surface area contributed by atoms with Gasteiger partial charge in [-0.3, -0.25) is 9.59 Å². The zero-order valence-electron chi connectivity index (χ0n) is 19.2. The van der Waals surface area contributed by atoms with Crippen LogP contribution in [0, 0.1) is 0 Å². The fourth-order valence-electron chi connectivity index (χ4n) is 4.60. The minimum atomic E-state index is -0.822. The van der Waals surface area contributed by atoms with Gasteiger partial charge in [-0.1, -0.05) is 29.8 Å². The summed E-state index contributed by atoms with van der Waals surface area (Å²) in [5.41, 5.74) is 2.01. The van der Waals surface area contributed by atoms with Crippen molar-refractivity contribution in [2.45, 2.75) is 19.5 Å². The number of rotatable bonds is 6. The molecular formula is C27H23ClN2O5. The third-order valence-electron chi connectivity index (χ3n) is 6.17. The third kappa shape index (κ3) is 3.88. The number of benzene rings is 2. The largest absolute Gasteiger partial charge is 0.507 e. The summed E-state index contributed by atoms with van der Waals surface area (Å²) >= 11 is 6.22. The Morgan fingerprint density at radius 1 is 1.14 bits per heavy atom. The number of aliphatic hydroxyl groups is 1. The van der Waals surface area contributed by atoms with E-state index in [4.69, 9.17) is 20.8 Å². The molecule has 0 radical (unpaired) electrons. The topological polar surface area (TPSA) is 84.9 Å². The number of hydrogen-bond donors (Lipinski definition) is 1. The molecule has 1 saturated heterocycles. The van der Waals surface area contributed by atoms with E-state index in [0.29, 0.717) is 28.7 Å². The van der Waals surface area contributed by atoms with E-state index in [1.165, 1.54) is 11.2 Å². The number of nitrogens with zero attached hydrogens (tertiary/aromatic N) is 2. The van der Waals surface area contributed by atoms with Gasteiger partial charge in [-0.15, -0.1) is 0 Å². The zero-order valence-corrected chi connectivity index (χ0v) is 20.0. The number of amides is 1. The number of hydrogen-bond acceptors (Lipinski definition) is 5. The zero-order chi connectivity index (χ0) is 24.7. The normalized spacial score (nSPS) is 17.5. The monoisotopic (exact) mass is 490 g/mol. The summed E-state index contributed by atoms with van der Waals surface area (Å²) in [6, 6.07) is 15.1. The predicted molar refractivity (Wildman–Crippen MR) is 132 cm³/mol. The van der Waals surface area contributed by atoms with Gasteiger partial charge in [0.1, 0.15) is 17.3 Å². The lowest BCUT2D eigenvalue weighted by Crippen LogP contribution is -2.29. The minimum Gasteiger partial charge on any atom is -0.507 e. The number of furan rings is 1. The molecule has 35 heavy (non-hydrogen) atoms. The lowest BCUT2D eigenvalue weighted by molar-refractivity contribution is -0.140. The molecule has 4 aromatic rings. The second-order valence-corrected chi connectivity index (χ2v) is 8.70. The highest BCUT2D eigenvalue weighted by Crippen LogP contribution is 2.43. The van der Waals surface area contributed by atoms with Crippen LogP contribution in [0.1, 0.15) is 29.9 Å². The minimum absolute atomic E-state index is 0.00248. The fourth-order valence-corrected chi connectivity index (χ4v) is 4.77. The van der Waals surface area contributed by atoms with Gasteiger partial charge in [-0.25, -0.2) is 0 Å². The molecular weight excluding hydrogens is 468 g/mol. The van der Waals surface area contributed by atoms with E-state index in [1.54, 1.807) is 30.3 Å². The van der Waals surface area contributed by atoms with Crippen LogP contribution in [-0.4, -0.2) is 32.9 Å². The molecule has 2 aromatic carbocycles. The molecule has 3 heterocycles. The van der Waals surface area contributed by atoms with Gasteiger partial charge in [0.05, 0.1) is 36.1 Å². The Morgan fingerprint density at radius 3 is 2.69 bits per heavy atom. The van der Waals surface area contributed by atoms with E-state index >= 15 is 0 Å². The van der Waals surface area contributed by atoms with Crippen LogP contribution in [0.2, 0.25) is 5.02 Å². The van der Waals surface area contributed by atoms with Gasteiger partial charge in [0.2, 0.25) is 0 Å². The van der Waals surface area contributed by atoms with Gasteiger partial charge in [0.15, 0.2) is 0 Å². The van der Waals surface area contributed by atoms with Crippen LogP contribution in [0.25, 0.3) is 16.7 Å². The standard InChI is InChI=1S/C27H23ClN2O5/c1-3-34-22-13-16(10-11-20(22)28)25(31)23-24(19-15-29(2)21-9-5-4-8-18(19)21)30(27(33)26(23)32)14-17-7-6-12-35-17/h4-13,15,24,31H,3,14H2,1-2H3/b25-23+. The van der Waals surface area contributed by atoms with Gasteiger partial charge in [-0.05, 0) is 43.3 Å². The molecule has 0 bridgehead atoms. The van der Waals surface area contributed by atoms with Crippen molar-refractivity contribution in [3.8, 4) is 5.75 Å². The first-order valence-electron chi connectivity index (χ1n) is 11.2. The first-order valence-corrected chi connectivity index (χ1v) is 11.6. The van der Waals surface area contributed by atoms with E-state index in [2.05, 4.69) is 0 Å². The fraction of sp³-hybridized carbons (Fsp3) is 0.185. The van der Waals surface area contributed by atoms with Crippen molar-refractivity contribution in [3.05, 3.63) is 94.5 Å². The number of Topliss-reactive ketones (excluding diaryl/α,β-unsaturated/α-hetero) is 1. The average Bonchev–Trinajstić information content (AvgIpc) is 3.55. The molecule has 5 rings (SSSR count). The van der Waals surface area contributed by atoms with Crippen molar-refractivity contribution < 1.29 is 23.8 Å². The van der Waals surface area contributed by atoms with Crippen LogP contribution < -0.4 is 4.74 Å². The van der Waals surface area contributed by atoms with E-state index in [0.717, 1.165) is 16.5 Å². The van der Waals surface area contributed by atoms with Gasteiger partial charge in [0.25, 0.3) is 11.7 Å². The number of ketones is 1. The lowest BCUT2D eigenvalue weighted by Gasteiger charge is -2.24. The molecule has 1 amide bonds. The molecule has 178 valence electrons. The maximum atomic E-state index is 13.4. The first-order chi connectivity index (χ1) is 16.9. The summed E-state index contributed by atoms with van der Waals surface area (Å²) < 4.78 is 13.0. The molecule has 1 fully saturated rings. The number of fused-ring (bicyclic) bond motifs is 1. The Bertz CT molecular complexity index is 1470. The highest BCUT2D eigenvalue weighted by atomic mass is 35.5. The van der Waals surface area contributed by atoms with Crippen LogP contribution >= 0.6 is 11.6 Å². The van der Waals surface area contributed by atoms with Crippen molar-refractivity contribution in [1.29, 1.82) is 0 Å². The van der Waals surface area contributed by atoms with E-state index in [1.807, 2.05) is 49.0 Å². The summed E-state index contributed by atoms with van der Waals surface area (Å²) in [7, 11) is 1.90. The van der Waals surface area contributed by atoms with Crippen LogP contribution in [0.15, 0.2) is 77.0 Å². The van der Waals surface area contributed by atoms with Gasteiger partial charge in [0, 0.05) is 35.3 Å². The number of aromatic nitrogens is 1. The Morgan fingerprint density at radius 2 is 1.94 bits per heavy atom. The number of aliphatic hydroxyl groups excluding tert-OH is 1. The molecule has 7 nitrogen and oxygen atoms in total.